The van der Waals surface area contributed by atoms with Crippen molar-refractivity contribution in [2.45, 2.75) is 44.8 Å². The average Bonchev–Trinajstić information content (AvgIpc) is 2.92. The zero-order valence-corrected chi connectivity index (χ0v) is 16.4. The topological polar surface area (TPSA) is 84.5 Å². The second kappa shape index (κ2) is 9.00. The minimum Gasteiger partial charge on any atom is -0.334 e. The van der Waals surface area contributed by atoms with Gasteiger partial charge >= 0.3 is 5.69 Å². The predicted molar refractivity (Wildman–Crippen MR) is 109 cm³/mol. The molecule has 1 N–H and O–H groups in total. The Morgan fingerprint density at radius 1 is 1.17 bits per heavy atom. The standard InChI is InChI=1S/C21H26N6O2/c28-20(10-15-27-21(29)25-14-4-2-8-19(25)24-27)26(16-17-6-1-3-12-23-17)18-7-5-11-22-13-9-18/h1-4,6,8,12,14,18,22H,5,7,9-11,13,15-16H2. The van der Waals surface area contributed by atoms with Crippen molar-refractivity contribution in [3.63, 3.8) is 0 Å². The molecule has 0 aromatic carbocycles. The quantitative estimate of drug-likeness (QED) is 0.684. The van der Waals surface area contributed by atoms with E-state index in [9.17, 15) is 9.59 Å². The Morgan fingerprint density at radius 3 is 2.90 bits per heavy atom. The fraction of sp³-hybridized carbons (Fsp3) is 0.429. The van der Waals surface area contributed by atoms with Gasteiger partial charge in [0.05, 0.1) is 18.8 Å². The molecule has 4 heterocycles. The van der Waals surface area contributed by atoms with Crippen molar-refractivity contribution in [1.29, 1.82) is 0 Å². The lowest BCUT2D eigenvalue weighted by atomic mass is 10.1. The lowest BCUT2D eigenvalue weighted by molar-refractivity contribution is -0.134. The van der Waals surface area contributed by atoms with Crippen molar-refractivity contribution in [1.82, 2.24) is 29.4 Å². The molecule has 0 aliphatic carbocycles. The van der Waals surface area contributed by atoms with Crippen LogP contribution in [-0.2, 0) is 17.9 Å². The molecular weight excluding hydrogens is 368 g/mol. The highest BCUT2D eigenvalue weighted by atomic mass is 16.2. The highest BCUT2D eigenvalue weighted by Gasteiger charge is 2.25. The summed E-state index contributed by atoms with van der Waals surface area (Å²) in [4.78, 5) is 32.0. The van der Waals surface area contributed by atoms with Crippen LogP contribution in [0.5, 0.6) is 0 Å². The van der Waals surface area contributed by atoms with E-state index in [1.54, 1.807) is 24.5 Å². The van der Waals surface area contributed by atoms with E-state index in [0.717, 1.165) is 38.0 Å². The number of hydrogen-bond acceptors (Lipinski definition) is 5. The molecule has 1 fully saturated rings. The third-order valence-corrected chi connectivity index (χ3v) is 5.39. The Balaban J connectivity index is 1.50. The summed E-state index contributed by atoms with van der Waals surface area (Å²) in [6.07, 6.45) is 6.62. The minimum atomic E-state index is -0.219. The fourth-order valence-electron chi connectivity index (χ4n) is 3.86. The zero-order valence-electron chi connectivity index (χ0n) is 16.4. The molecule has 152 valence electrons. The molecular formula is C21H26N6O2. The van der Waals surface area contributed by atoms with Gasteiger partial charge in [-0.1, -0.05) is 12.1 Å². The first-order valence-electron chi connectivity index (χ1n) is 10.2. The van der Waals surface area contributed by atoms with E-state index in [1.807, 2.05) is 29.2 Å². The van der Waals surface area contributed by atoms with Crippen LogP contribution >= 0.6 is 0 Å². The first-order chi connectivity index (χ1) is 14.2. The molecule has 8 heteroatoms. The molecule has 29 heavy (non-hydrogen) atoms. The molecule has 0 bridgehead atoms. The number of hydrogen-bond donors (Lipinski definition) is 1. The highest BCUT2D eigenvalue weighted by Crippen LogP contribution is 2.17. The Bertz CT molecular complexity index is 1000. The Hall–Kier alpha value is -3.00. The fourth-order valence-corrected chi connectivity index (χ4v) is 3.86. The lowest BCUT2D eigenvalue weighted by Crippen LogP contribution is -2.41. The van der Waals surface area contributed by atoms with Crippen molar-refractivity contribution in [3.8, 4) is 0 Å². The SMILES string of the molecule is O=C(CCn1nc2ccccn2c1=O)N(Cc1ccccn1)C1CCCNCC1. The third kappa shape index (κ3) is 4.54. The summed E-state index contributed by atoms with van der Waals surface area (Å²) >= 11 is 0. The maximum atomic E-state index is 13.2. The Kier molecular flexibility index (Phi) is 6.00. The molecule has 0 saturated carbocycles. The van der Waals surface area contributed by atoms with Crippen molar-refractivity contribution >= 4 is 11.6 Å². The lowest BCUT2D eigenvalue weighted by Gasteiger charge is -2.31. The van der Waals surface area contributed by atoms with Crippen molar-refractivity contribution in [2.24, 2.45) is 0 Å². The summed E-state index contributed by atoms with van der Waals surface area (Å²) in [7, 11) is 0. The van der Waals surface area contributed by atoms with Crippen LogP contribution in [0.2, 0.25) is 0 Å². The first-order valence-corrected chi connectivity index (χ1v) is 10.2. The summed E-state index contributed by atoms with van der Waals surface area (Å²) in [6, 6.07) is 11.4. The molecule has 3 aromatic rings. The van der Waals surface area contributed by atoms with Crippen LogP contribution in [-0.4, -0.2) is 49.1 Å². The van der Waals surface area contributed by atoms with Gasteiger partial charge in [-0.15, -0.1) is 5.10 Å². The Morgan fingerprint density at radius 2 is 2.07 bits per heavy atom. The summed E-state index contributed by atoms with van der Waals surface area (Å²) in [6.45, 7) is 2.65. The number of amides is 1. The number of pyridine rings is 2. The molecule has 1 aliphatic heterocycles. The molecule has 0 radical (unpaired) electrons. The number of nitrogens with zero attached hydrogens (tertiary/aromatic N) is 5. The molecule has 8 nitrogen and oxygen atoms in total. The van der Waals surface area contributed by atoms with Gasteiger partial charge < -0.3 is 10.2 Å². The van der Waals surface area contributed by atoms with Crippen LogP contribution in [0.15, 0.2) is 53.6 Å². The number of fused-ring (bicyclic) bond motifs is 1. The largest absolute Gasteiger partial charge is 0.350 e. The monoisotopic (exact) mass is 394 g/mol. The van der Waals surface area contributed by atoms with Crippen LogP contribution < -0.4 is 11.0 Å². The number of aromatic nitrogens is 4. The van der Waals surface area contributed by atoms with E-state index in [0.29, 0.717) is 12.2 Å². The summed E-state index contributed by atoms with van der Waals surface area (Å²) < 4.78 is 2.87. The maximum Gasteiger partial charge on any atom is 0.350 e. The van der Waals surface area contributed by atoms with Gasteiger partial charge in [0.1, 0.15) is 0 Å². The van der Waals surface area contributed by atoms with E-state index < -0.39 is 0 Å². The van der Waals surface area contributed by atoms with Gasteiger partial charge in [-0.2, -0.15) is 0 Å². The molecule has 0 spiro atoms. The van der Waals surface area contributed by atoms with E-state index >= 15 is 0 Å². The van der Waals surface area contributed by atoms with Crippen LogP contribution in [0.1, 0.15) is 31.4 Å². The van der Waals surface area contributed by atoms with E-state index in [1.165, 1.54) is 9.08 Å². The molecule has 3 aromatic heterocycles. The smallest absolute Gasteiger partial charge is 0.334 e. The number of aryl methyl sites for hydroxylation is 1. The summed E-state index contributed by atoms with van der Waals surface area (Å²) in [5.41, 5.74) is 1.25. The number of carbonyl (C=O) groups excluding carboxylic acids is 1. The second-order valence-electron chi connectivity index (χ2n) is 7.36. The number of rotatable bonds is 6. The van der Waals surface area contributed by atoms with Gasteiger partial charge in [0.15, 0.2) is 5.65 Å². The van der Waals surface area contributed by atoms with Gasteiger partial charge in [0.2, 0.25) is 5.91 Å². The van der Waals surface area contributed by atoms with Crippen molar-refractivity contribution < 1.29 is 4.79 Å². The normalized spacial score (nSPS) is 17.2. The van der Waals surface area contributed by atoms with Crippen molar-refractivity contribution in [2.75, 3.05) is 13.1 Å². The maximum absolute atomic E-state index is 13.2. The van der Waals surface area contributed by atoms with E-state index in [-0.39, 0.29) is 30.6 Å². The average molecular weight is 394 g/mol. The molecule has 1 unspecified atom stereocenters. The van der Waals surface area contributed by atoms with Crippen LogP contribution in [0.4, 0.5) is 0 Å². The van der Waals surface area contributed by atoms with Crippen LogP contribution in [0, 0.1) is 0 Å². The zero-order chi connectivity index (χ0) is 20.1. The van der Waals surface area contributed by atoms with Crippen LogP contribution in [0.25, 0.3) is 5.65 Å². The molecule has 1 amide bonds. The molecule has 1 aliphatic rings. The summed E-state index contributed by atoms with van der Waals surface area (Å²) in [5, 5.41) is 7.73. The van der Waals surface area contributed by atoms with Gasteiger partial charge in [-0.25, -0.2) is 9.48 Å². The van der Waals surface area contributed by atoms with Gasteiger partial charge in [-0.3, -0.25) is 14.2 Å². The van der Waals surface area contributed by atoms with Gasteiger partial charge in [-0.05, 0) is 56.6 Å². The van der Waals surface area contributed by atoms with Crippen molar-refractivity contribution in [3.05, 3.63) is 65.0 Å². The molecule has 1 saturated heterocycles. The highest BCUT2D eigenvalue weighted by molar-refractivity contribution is 5.76. The van der Waals surface area contributed by atoms with Crippen LogP contribution in [0.3, 0.4) is 0 Å². The third-order valence-electron chi connectivity index (χ3n) is 5.39. The van der Waals surface area contributed by atoms with Gasteiger partial charge in [0.25, 0.3) is 0 Å². The Labute approximate surface area is 169 Å². The number of carbonyl (C=O) groups is 1. The van der Waals surface area contributed by atoms with E-state index in [2.05, 4.69) is 15.4 Å². The molecule has 1 atom stereocenters. The first kappa shape index (κ1) is 19.3. The number of nitrogens with one attached hydrogen (secondary N) is 1. The second-order valence-corrected chi connectivity index (χ2v) is 7.36. The minimum absolute atomic E-state index is 0.0338. The molecule has 4 rings (SSSR count). The predicted octanol–water partition coefficient (Wildman–Crippen LogP) is 1.45. The van der Waals surface area contributed by atoms with E-state index in [4.69, 9.17) is 0 Å². The van der Waals surface area contributed by atoms with Gasteiger partial charge in [0, 0.05) is 24.9 Å². The summed E-state index contributed by atoms with van der Waals surface area (Å²) in [5.74, 6) is 0.0338.